The van der Waals surface area contributed by atoms with E-state index in [1.807, 2.05) is 37.3 Å². The summed E-state index contributed by atoms with van der Waals surface area (Å²) in [5.74, 6) is -0.162. The number of hydrogen-bond acceptors (Lipinski definition) is 4. The number of esters is 1. The van der Waals surface area contributed by atoms with Crippen LogP contribution >= 0.6 is 0 Å². The first-order valence-corrected chi connectivity index (χ1v) is 8.58. The van der Waals surface area contributed by atoms with Crippen LogP contribution in [0.5, 0.6) is 0 Å². The lowest BCUT2D eigenvalue weighted by atomic mass is 10.0. The van der Waals surface area contributed by atoms with Crippen molar-refractivity contribution in [3.63, 3.8) is 0 Å². The summed E-state index contributed by atoms with van der Waals surface area (Å²) in [5, 5.41) is 0. The van der Waals surface area contributed by atoms with E-state index in [-0.39, 0.29) is 24.3 Å². The molecular formula is C20H30O4. The summed E-state index contributed by atoms with van der Waals surface area (Å²) in [5.41, 5.74) is 1.04. The Morgan fingerprint density at radius 2 is 1.79 bits per heavy atom. The maximum atomic E-state index is 11.7. The summed E-state index contributed by atoms with van der Waals surface area (Å²) < 4.78 is 16.4. The highest BCUT2D eigenvalue weighted by atomic mass is 16.5. The Kier molecular flexibility index (Phi) is 10.0. The third-order valence-corrected chi connectivity index (χ3v) is 4.11. The summed E-state index contributed by atoms with van der Waals surface area (Å²) in [6.07, 6.45) is 5.48. The number of methoxy groups -OCH3 is 2. The van der Waals surface area contributed by atoms with E-state index in [2.05, 4.69) is 6.58 Å². The molecule has 0 spiro atoms. The van der Waals surface area contributed by atoms with Gasteiger partial charge in [-0.05, 0) is 24.8 Å². The zero-order valence-electron chi connectivity index (χ0n) is 15.1. The van der Waals surface area contributed by atoms with Crippen LogP contribution in [0.1, 0.15) is 50.7 Å². The molecular weight excluding hydrogens is 304 g/mol. The van der Waals surface area contributed by atoms with Gasteiger partial charge in [-0.2, -0.15) is 0 Å². The topological polar surface area (TPSA) is 44.8 Å². The summed E-state index contributed by atoms with van der Waals surface area (Å²) >= 11 is 0. The van der Waals surface area contributed by atoms with Gasteiger partial charge in [0.2, 0.25) is 0 Å². The molecule has 3 atom stereocenters. The van der Waals surface area contributed by atoms with Crippen molar-refractivity contribution in [2.75, 3.05) is 14.2 Å². The van der Waals surface area contributed by atoms with Gasteiger partial charge in [0.1, 0.15) is 12.2 Å². The van der Waals surface area contributed by atoms with Gasteiger partial charge < -0.3 is 14.2 Å². The van der Waals surface area contributed by atoms with Crippen molar-refractivity contribution in [3.8, 4) is 0 Å². The van der Waals surface area contributed by atoms with E-state index in [9.17, 15) is 4.79 Å². The summed E-state index contributed by atoms with van der Waals surface area (Å²) in [7, 11) is 3.35. The summed E-state index contributed by atoms with van der Waals surface area (Å²) in [6, 6.07) is 9.91. The Labute approximate surface area is 145 Å². The SMILES string of the molecule is C=C[C@@H](OC)[C@H](CCCC[C@H](OC(=O)CC)c1ccccc1)OC. The first-order valence-electron chi connectivity index (χ1n) is 8.58. The fourth-order valence-electron chi connectivity index (χ4n) is 2.69. The minimum Gasteiger partial charge on any atom is -0.457 e. The van der Waals surface area contributed by atoms with E-state index in [1.165, 1.54) is 0 Å². The van der Waals surface area contributed by atoms with Gasteiger partial charge in [0.25, 0.3) is 0 Å². The van der Waals surface area contributed by atoms with Crippen LogP contribution in [0.25, 0.3) is 0 Å². The molecule has 4 heteroatoms. The van der Waals surface area contributed by atoms with Crippen molar-refractivity contribution in [2.24, 2.45) is 0 Å². The van der Waals surface area contributed by atoms with Gasteiger partial charge in [-0.3, -0.25) is 4.79 Å². The van der Waals surface area contributed by atoms with E-state index in [4.69, 9.17) is 14.2 Å². The molecule has 0 saturated heterocycles. The Hall–Kier alpha value is -1.65. The van der Waals surface area contributed by atoms with Crippen LogP contribution in [0.15, 0.2) is 43.0 Å². The van der Waals surface area contributed by atoms with Crippen LogP contribution in [-0.4, -0.2) is 32.4 Å². The molecule has 0 saturated carbocycles. The van der Waals surface area contributed by atoms with E-state index in [0.29, 0.717) is 6.42 Å². The van der Waals surface area contributed by atoms with Crippen molar-refractivity contribution in [1.82, 2.24) is 0 Å². The Morgan fingerprint density at radius 3 is 2.33 bits per heavy atom. The lowest BCUT2D eigenvalue weighted by molar-refractivity contribution is -0.149. The summed E-state index contributed by atoms with van der Waals surface area (Å²) in [4.78, 5) is 11.7. The molecule has 0 fully saturated rings. The van der Waals surface area contributed by atoms with Crippen LogP contribution in [0.3, 0.4) is 0 Å². The minimum absolute atomic E-state index is 0.000803. The zero-order valence-corrected chi connectivity index (χ0v) is 15.1. The van der Waals surface area contributed by atoms with Crippen LogP contribution in [-0.2, 0) is 19.0 Å². The third kappa shape index (κ3) is 6.85. The van der Waals surface area contributed by atoms with Gasteiger partial charge in [0.05, 0.1) is 6.10 Å². The first kappa shape index (κ1) is 20.4. The van der Waals surface area contributed by atoms with Gasteiger partial charge in [-0.15, -0.1) is 6.58 Å². The predicted octanol–water partition coefficient (Wildman–Crippen LogP) is 4.46. The third-order valence-electron chi connectivity index (χ3n) is 4.11. The molecule has 0 aliphatic heterocycles. The molecule has 0 N–H and O–H groups in total. The number of unbranched alkanes of at least 4 members (excludes halogenated alkanes) is 1. The Balaban J connectivity index is 2.53. The van der Waals surface area contributed by atoms with E-state index < -0.39 is 0 Å². The van der Waals surface area contributed by atoms with Crippen molar-refractivity contribution < 1.29 is 19.0 Å². The maximum Gasteiger partial charge on any atom is 0.306 e. The lowest BCUT2D eigenvalue weighted by Crippen LogP contribution is -2.27. The molecule has 134 valence electrons. The minimum atomic E-state index is -0.183. The number of carbonyl (C=O) groups is 1. The average molecular weight is 334 g/mol. The lowest BCUT2D eigenvalue weighted by Gasteiger charge is -2.22. The summed E-state index contributed by atoms with van der Waals surface area (Å²) in [6.45, 7) is 5.59. The highest BCUT2D eigenvalue weighted by molar-refractivity contribution is 5.69. The van der Waals surface area contributed by atoms with Crippen LogP contribution in [0.2, 0.25) is 0 Å². The molecule has 0 radical (unpaired) electrons. The number of ether oxygens (including phenoxy) is 3. The molecule has 0 unspecified atom stereocenters. The van der Waals surface area contributed by atoms with Gasteiger partial charge in [-0.25, -0.2) is 0 Å². The normalized spacial score (nSPS) is 14.6. The quantitative estimate of drug-likeness (QED) is 0.322. The second kappa shape index (κ2) is 11.8. The van der Waals surface area contributed by atoms with E-state index in [0.717, 1.165) is 31.2 Å². The smallest absolute Gasteiger partial charge is 0.306 e. The monoisotopic (exact) mass is 334 g/mol. The number of benzene rings is 1. The second-order valence-electron chi connectivity index (χ2n) is 5.74. The van der Waals surface area contributed by atoms with Crippen LogP contribution in [0, 0.1) is 0 Å². The average Bonchev–Trinajstić information content (AvgIpc) is 2.63. The highest BCUT2D eigenvalue weighted by Crippen LogP contribution is 2.25. The molecule has 24 heavy (non-hydrogen) atoms. The molecule has 0 aliphatic rings. The molecule has 4 nitrogen and oxygen atoms in total. The Bertz CT molecular complexity index is 472. The van der Waals surface area contributed by atoms with Crippen molar-refractivity contribution in [1.29, 1.82) is 0 Å². The molecule has 1 aromatic rings. The van der Waals surface area contributed by atoms with Gasteiger partial charge in [-0.1, -0.05) is 49.8 Å². The van der Waals surface area contributed by atoms with E-state index in [1.54, 1.807) is 20.3 Å². The maximum absolute atomic E-state index is 11.7. The highest BCUT2D eigenvalue weighted by Gasteiger charge is 2.19. The molecule has 1 rings (SSSR count). The largest absolute Gasteiger partial charge is 0.457 e. The first-order chi connectivity index (χ1) is 11.7. The molecule has 0 aromatic heterocycles. The van der Waals surface area contributed by atoms with Crippen molar-refractivity contribution in [3.05, 3.63) is 48.6 Å². The fourth-order valence-corrected chi connectivity index (χ4v) is 2.69. The number of hydrogen-bond donors (Lipinski definition) is 0. The van der Waals surface area contributed by atoms with Gasteiger partial charge >= 0.3 is 5.97 Å². The molecule has 0 heterocycles. The second-order valence-corrected chi connectivity index (χ2v) is 5.74. The molecule has 0 bridgehead atoms. The molecule has 1 aromatic carbocycles. The number of rotatable bonds is 12. The van der Waals surface area contributed by atoms with Gasteiger partial charge in [0.15, 0.2) is 0 Å². The van der Waals surface area contributed by atoms with Crippen LogP contribution in [0.4, 0.5) is 0 Å². The predicted molar refractivity (Wildman–Crippen MR) is 95.8 cm³/mol. The van der Waals surface area contributed by atoms with Crippen molar-refractivity contribution >= 4 is 5.97 Å². The molecule has 0 aliphatic carbocycles. The van der Waals surface area contributed by atoms with Gasteiger partial charge in [0, 0.05) is 20.6 Å². The number of carbonyl (C=O) groups excluding carboxylic acids is 1. The van der Waals surface area contributed by atoms with E-state index >= 15 is 0 Å². The zero-order chi connectivity index (χ0) is 17.8. The molecule has 0 amide bonds. The van der Waals surface area contributed by atoms with Crippen LogP contribution < -0.4 is 0 Å². The fraction of sp³-hybridized carbons (Fsp3) is 0.550. The standard InChI is InChI=1S/C20H30O4/c1-5-17(22-3)19(23-4)15-11-10-14-18(24-20(21)6-2)16-12-8-7-9-13-16/h5,7-9,12-13,17-19H,1,6,10-11,14-15H2,2-4H3/t17-,18+,19+/m1/s1. The van der Waals surface area contributed by atoms with Crippen molar-refractivity contribution in [2.45, 2.75) is 57.3 Å². The Morgan fingerprint density at radius 1 is 1.12 bits per heavy atom.